The van der Waals surface area contributed by atoms with Crippen LogP contribution in [0, 0.1) is 5.82 Å². The molecule has 0 saturated carbocycles. The molecule has 4 rings (SSSR count). The van der Waals surface area contributed by atoms with Crippen molar-refractivity contribution in [2.24, 2.45) is 0 Å². The maximum absolute atomic E-state index is 13.6. The number of fused-ring (bicyclic) bond motifs is 1. The van der Waals surface area contributed by atoms with Gasteiger partial charge in [-0.3, -0.25) is 9.59 Å². The van der Waals surface area contributed by atoms with Crippen LogP contribution < -0.4 is 5.32 Å². The van der Waals surface area contributed by atoms with Crippen molar-refractivity contribution in [1.29, 1.82) is 0 Å². The predicted molar refractivity (Wildman–Crippen MR) is 86.2 cm³/mol. The van der Waals surface area contributed by atoms with Crippen LogP contribution >= 0.6 is 0 Å². The molecule has 25 heavy (non-hydrogen) atoms. The molecule has 1 unspecified atom stereocenters. The summed E-state index contributed by atoms with van der Waals surface area (Å²) in [5, 5.41) is 6.79. The fourth-order valence-electron chi connectivity index (χ4n) is 3.05. The van der Waals surface area contributed by atoms with E-state index in [0.29, 0.717) is 30.0 Å². The van der Waals surface area contributed by atoms with Crippen molar-refractivity contribution in [3.05, 3.63) is 65.9 Å². The van der Waals surface area contributed by atoms with Gasteiger partial charge in [-0.2, -0.15) is 5.10 Å². The number of carbonyl (C=O) groups excluding carboxylic acids is 2. The fraction of sp³-hybridized carbons (Fsp3) is 0.176. The number of piperazine rings is 1. The zero-order valence-corrected chi connectivity index (χ0v) is 13.1. The summed E-state index contributed by atoms with van der Waals surface area (Å²) in [7, 11) is 0. The third-order valence-electron chi connectivity index (χ3n) is 4.16. The van der Waals surface area contributed by atoms with Crippen molar-refractivity contribution >= 4 is 17.5 Å². The first kappa shape index (κ1) is 15.3. The first-order chi connectivity index (χ1) is 12.1. The summed E-state index contributed by atoms with van der Waals surface area (Å²) in [5.74, 6) is -1.15. The Bertz CT molecular complexity index is 970. The number of halogens is 1. The summed E-state index contributed by atoms with van der Waals surface area (Å²) >= 11 is 0. The van der Waals surface area contributed by atoms with E-state index >= 15 is 0 Å². The van der Waals surface area contributed by atoms with E-state index in [1.54, 1.807) is 24.3 Å². The molecule has 1 fully saturated rings. The summed E-state index contributed by atoms with van der Waals surface area (Å²) in [6.45, 7) is 0.653. The van der Waals surface area contributed by atoms with Gasteiger partial charge in [-0.25, -0.2) is 13.9 Å². The average molecular weight is 339 g/mol. The summed E-state index contributed by atoms with van der Waals surface area (Å²) in [4.78, 5) is 31.0. The first-order valence-corrected chi connectivity index (χ1v) is 7.78. The third-order valence-corrected chi connectivity index (χ3v) is 4.16. The number of benzene rings is 1. The van der Waals surface area contributed by atoms with Crippen LogP contribution in [0.2, 0.25) is 0 Å². The van der Waals surface area contributed by atoms with Crippen LogP contribution in [0.15, 0.2) is 48.8 Å². The number of rotatable bonds is 2. The highest BCUT2D eigenvalue weighted by molar-refractivity contribution is 5.97. The van der Waals surface area contributed by atoms with E-state index < -0.39 is 11.9 Å². The van der Waals surface area contributed by atoms with Gasteiger partial charge in [-0.05, 0) is 29.8 Å². The smallest absolute Gasteiger partial charge is 0.273 e. The van der Waals surface area contributed by atoms with Crippen LogP contribution in [-0.2, 0) is 4.79 Å². The monoisotopic (exact) mass is 339 g/mol. The number of hydrogen-bond donors (Lipinski definition) is 1. The van der Waals surface area contributed by atoms with Crippen LogP contribution in [-0.4, -0.2) is 44.4 Å². The molecule has 1 atom stereocenters. The molecule has 1 aliphatic rings. The number of nitrogens with one attached hydrogen (secondary N) is 1. The van der Waals surface area contributed by atoms with Gasteiger partial charge in [0.25, 0.3) is 5.91 Å². The van der Waals surface area contributed by atoms with Crippen molar-refractivity contribution < 1.29 is 14.0 Å². The third kappa shape index (κ3) is 2.61. The molecule has 1 aliphatic heterocycles. The maximum Gasteiger partial charge on any atom is 0.273 e. The Hall–Kier alpha value is -3.29. The molecular weight excluding hydrogens is 325 g/mol. The zero-order valence-electron chi connectivity index (χ0n) is 13.1. The lowest BCUT2D eigenvalue weighted by Gasteiger charge is -2.35. The Morgan fingerprint density at radius 2 is 2.08 bits per heavy atom. The molecular formula is C17H14FN5O2. The van der Waals surface area contributed by atoms with E-state index in [0.717, 1.165) is 0 Å². The number of amides is 2. The molecule has 8 heteroatoms. The molecule has 2 amide bonds. The fourth-order valence-corrected chi connectivity index (χ4v) is 3.05. The second kappa shape index (κ2) is 5.97. The molecule has 0 spiro atoms. The van der Waals surface area contributed by atoms with Crippen molar-refractivity contribution in [2.75, 3.05) is 13.1 Å². The summed E-state index contributed by atoms with van der Waals surface area (Å²) in [6, 6.07) is 9.89. The molecule has 1 saturated heterocycles. The topological polar surface area (TPSA) is 79.6 Å². The number of hydrogen-bond acceptors (Lipinski definition) is 4. The SMILES string of the molecule is O=C1NCCN(C(=O)c2cccc3ncnn23)C1c1cccc(F)c1. The Labute approximate surface area is 142 Å². The van der Waals surface area contributed by atoms with Crippen molar-refractivity contribution in [3.8, 4) is 0 Å². The average Bonchev–Trinajstić information content (AvgIpc) is 3.09. The van der Waals surface area contributed by atoms with E-state index in [9.17, 15) is 14.0 Å². The van der Waals surface area contributed by atoms with Gasteiger partial charge in [0.15, 0.2) is 5.65 Å². The van der Waals surface area contributed by atoms with Crippen molar-refractivity contribution in [2.45, 2.75) is 6.04 Å². The van der Waals surface area contributed by atoms with Gasteiger partial charge in [0.2, 0.25) is 5.91 Å². The highest BCUT2D eigenvalue weighted by atomic mass is 19.1. The molecule has 7 nitrogen and oxygen atoms in total. The largest absolute Gasteiger partial charge is 0.352 e. The van der Waals surface area contributed by atoms with Crippen LogP contribution in [0.25, 0.3) is 5.65 Å². The Morgan fingerprint density at radius 1 is 1.24 bits per heavy atom. The highest BCUT2D eigenvalue weighted by Crippen LogP contribution is 2.25. The molecule has 0 radical (unpaired) electrons. The minimum absolute atomic E-state index is 0.297. The van der Waals surface area contributed by atoms with Gasteiger partial charge in [-0.15, -0.1) is 0 Å². The summed E-state index contributed by atoms with van der Waals surface area (Å²) in [6.07, 6.45) is 1.36. The molecule has 0 bridgehead atoms. The highest BCUT2D eigenvalue weighted by Gasteiger charge is 2.35. The molecule has 3 aromatic rings. The second-order valence-corrected chi connectivity index (χ2v) is 5.69. The van der Waals surface area contributed by atoms with Gasteiger partial charge >= 0.3 is 0 Å². The second-order valence-electron chi connectivity index (χ2n) is 5.69. The summed E-state index contributed by atoms with van der Waals surface area (Å²) < 4.78 is 15.0. The standard InChI is InChI=1S/C17H14FN5O2/c18-12-4-1-3-11(9-12)15-16(24)19-7-8-22(15)17(25)13-5-2-6-14-20-10-21-23(13)14/h1-6,9-10,15H,7-8H2,(H,19,24). The van der Waals surface area contributed by atoms with E-state index in [-0.39, 0.29) is 11.8 Å². The number of carbonyl (C=O) groups is 2. The quantitative estimate of drug-likeness (QED) is 0.760. The maximum atomic E-state index is 13.6. The van der Waals surface area contributed by atoms with Crippen molar-refractivity contribution in [3.63, 3.8) is 0 Å². The Morgan fingerprint density at radius 3 is 2.92 bits per heavy atom. The lowest BCUT2D eigenvalue weighted by molar-refractivity contribution is -0.128. The minimum atomic E-state index is -0.893. The normalized spacial score (nSPS) is 17.6. The minimum Gasteiger partial charge on any atom is -0.352 e. The van der Waals surface area contributed by atoms with Gasteiger partial charge in [-0.1, -0.05) is 18.2 Å². The Kier molecular flexibility index (Phi) is 3.64. The molecule has 1 N–H and O–H groups in total. The summed E-state index contributed by atoms with van der Waals surface area (Å²) in [5.41, 5.74) is 1.26. The van der Waals surface area contributed by atoms with Crippen LogP contribution in [0.1, 0.15) is 22.1 Å². The lowest BCUT2D eigenvalue weighted by Crippen LogP contribution is -2.52. The van der Waals surface area contributed by atoms with Crippen molar-refractivity contribution in [1.82, 2.24) is 24.8 Å². The number of aromatic nitrogens is 3. The Balaban J connectivity index is 1.77. The van der Waals surface area contributed by atoms with E-state index in [1.165, 1.54) is 33.9 Å². The van der Waals surface area contributed by atoms with Gasteiger partial charge in [0.05, 0.1) is 0 Å². The molecule has 2 aromatic heterocycles. The molecule has 3 heterocycles. The van der Waals surface area contributed by atoms with E-state index in [4.69, 9.17) is 0 Å². The van der Waals surface area contributed by atoms with Gasteiger partial charge < -0.3 is 10.2 Å². The number of nitrogens with zero attached hydrogens (tertiary/aromatic N) is 4. The van der Waals surface area contributed by atoms with Crippen LogP contribution in [0.5, 0.6) is 0 Å². The van der Waals surface area contributed by atoms with E-state index in [2.05, 4.69) is 15.4 Å². The predicted octanol–water partition coefficient (Wildman–Crippen LogP) is 1.18. The lowest BCUT2D eigenvalue weighted by atomic mass is 10.0. The van der Waals surface area contributed by atoms with E-state index in [1.807, 2.05) is 0 Å². The number of pyridine rings is 1. The molecule has 126 valence electrons. The molecule has 1 aromatic carbocycles. The molecule has 0 aliphatic carbocycles. The zero-order chi connectivity index (χ0) is 17.4. The van der Waals surface area contributed by atoms with Gasteiger partial charge in [0, 0.05) is 13.1 Å². The van der Waals surface area contributed by atoms with Crippen LogP contribution in [0.4, 0.5) is 4.39 Å². The first-order valence-electron chi connectivity index (χ1n) is 7.78. The van der Waals surface area contributed by atoms with Crippen LogP contribution in [0.3, 0.4) is 0 Å². The van der Waals surface area contributed by atoms with Gasteiger partial charge in [0.1, 0.15) is 23.9 Å².